The second-order valence-electron chi connectivity index (χ2n) is 13.8. The predicted octanol–water partition coefficient (Wildman–Crippen LogP) is 14.4. The second-order valence-corrected chi connectivity index (χ2v) is 13.8. The molecule has 0 aliphatic rings. The Kier molecular flexibility index (Phi) is 7.85. The third-order valence-corrected chi connectivity index (χ3v) is 10.6. The van der Waals surface area contributed by atoms with Crippen LogP contribution in [-0.2, 0) is 0 Å². The molecule has 0 bridgehead atoms. The summed E-state index contributed by atoms with van der Waals surface area (Å²) in [5, 5.41) is 5.02. The van der Waals surface area contributed by atoms with Crippen LogP contribution in [-0.4, -0.2) is 4.57 Å². The lowest BCUT2D eigenvalue weighted by Gasteiger charge is -2.28. The van der Waals surface area contributed by atoms with E-state index in [0.29, 0.717) is 0 Å². The Morgan fingerprint density at radius 3 is 1.50 bits per heavy atom. The number of fused-ring (bicyclic) bond motifs is 5. The maximum Gasteiger partial charge on any atom is 0.0619 e. The molecule has 254 valence electrons. The lowest BCUT2D eigenvalue weighted by atomic mass is 9.99. The molecule has 0 amide bonds. The maximum atomic E-state index is 2.43. The van der Waals surface area contributed by atoms with Crippen LogP contribution in [0.5, 0.6) is 0 Å². The fourth-order valence-corrected chi connectivity index (χ4v) is 8.00. The Morgan fingerprint density at radius 2 is 0.815 bits per heavy atom. The summed E-state index contributed by atoms with van der Waals surface area (Å²) in [6, 6.07) is 78.8. The Labute approximate surface area is 315 Å². The zero-order chi connectivity index (χ0) is 35.8. The Bertz CT molecular complexity index is 2890. The van der Waals surface area contributed by atoms with Crippen LogP contribution in [0.1, 0.15) is 0 Å². The van der Waals surface area contributed by atoms with E-state index < -0.39 is 0 Å². The highest BCUT2D eigenvalue weighted by atomic mass is 15.1. The van der Waals surface area contributed by atoms with E-state index in [1.54, 1.807) is 0 Å². The van der Waals surface area contributed by atoms with Gasteiger partial charge in [0, 0.05) is 38.8 Å². The zero-order valence-corrected chi connectivity index (χ0v) is 29.7. The number of hydrogen-bond donors (Lipinski definition) is 0. The third-order valence-electron chi connectivity index (χ3n) is 10.6. The molecule has 0 aliphatic carbocycles. The van der Waals surface area contributed by atoms with Gasteiger partial charge in [-0.2, -0.15) is 0 Å². The first-order valence-corrected chi connectivity index (χ1v) is 18.5. The summed E-state index contributed by atoms with van der Waals surface area (Å²) in [7, 11) is 0. The van der Waals surface area contributed by atoms with Crippen molar-refractivity contribution in [3.63, 3.8) is 0 Å². The topological polar surface area (TPSA) is 8.17 Å². The zero-order valence-electron chi connectivity index (χ0n) is 29.7. The van der Waals surface area contributed by atoms with Gasteiger partial charge in [0.15, 0.2) is 0 Å². The van der Waals surface area contributed by atoms with Crippen molar-refractivity contribution in [3.05, 3.63) is 218 Å². The molecular weight excluding hydrogens is 653 g/mol. The highest BCUT2D eigenvalue weighted by Crippen LogP contribution is 2.42. The monoisotopic (exact) mass is 688 g/mol. The molecule has 9 aromatic carbocycles. The molecule has 10 aromatic rings. The number of hydrogen-bond acceptors (Lipinski definition) is 1. The number of benzene rings is 9. The van der Waals surface area contributed by atoms with Gasteiger partial charge in [0.1, 0.15) is 0 Å². The molecule has 0 unspecified atom stereocenters. The van der Waals surface area contributed by atoms with Gasteiger partial charge < -0.3 is 9.47 Å². The fourth-order valence-electron chi connectivity index (χ4n) is 8.00. The summed E-state index contributed by atoms with van der Waals surface area (Å²) in [6.45, 7) is 0. The van der Waals surface area contributed by atoms with Gasteiger partial charge in [-0.3, -0.25) is 0 Å². The van der Waals surface area contributed by atoms with Gasteiger partial charge >= 0.3 is 0 Å². The van der Waals surface area contributed by atoms with Crippen molar-refractivity contribution in [2.75, 3.05) is 4.90 Å². The van der Waals surface area contributed by atoms with Crippen LogP contribution in [0.3, 0.4) is 0 Å². The van der Waals surface area contributed by atoms with Crippen molar-refractivity contribution in [3.8, 4) is 39.1 Å². The van der Waals surface area contributed by atoms with E-state index in [0.717, 1.165) is 22.7 Å². The Morgan fingerprint density at radius 1 is 0.315 bits per heavy atom. The van der Waals surface area contributed by atoms with Crippen molar-refractivity contribution in [1.82, 2.24) is 4.57 Å². The standard InChI is InChI=1S/C52H36N2/c1-3-13-37(14-4-1)38-23-25-39(26-24-38)40-27-30-43(31-28-40)53(50-21-11-9-18-46(50)41-15-5-2-6-16-41)44-32-34-45(35-33-44)54-51-22-12-10-20-48(51)49-36-29-42-17-7-8-19-47(42)52(49)54/h1-36H. The third kappa shape index (κ3) is 5.53. The highest BCUT2D eigenvalue weighted by Gasteiger charge is 2.19. The molecule has 0 saturated heterocycles. The van der Waals surface area contributed by atoms with Crippen LogP contribution >= 0.6 is 0 Å². The summed E-state index contributed by atoms with van der Waals surface area (Å²) >= 11 is 0. The lowest BCUT2D eigenvalue weighted by molar-refractivity contribution is 1.18. The molecule has 2 nitrogen and oxygen atoms in total. The summed E-state index contributed by atoms with van der Waals surface area (Å²) in [5.41, 5.74) is 14.1. The van der Waals surface area contributed by atoms with Crippen molar-refractivity contribution < 1.29 is 0 Å². The molecule has 0 aliphatic heterocycles. The van der Waals surface area contributed by atoms with Crippen molar-refractivity contribution in [2.45, 2.75) is 0 Å². The maximum absolute atomic E-state index is 2.43. The van der Waals surface area contributed by atoms with Gasteiger partial charge in [-0.25, -0.2) is 0 Å². The van der Waals surface area contributed by atoms with E-state index in [-0.39, 0.29) is 0 Å². The first-order valence-electron chi connectivity index (χ1n) is 18.5. The summed E-state index contributed by atoms with van der Waals surface area (Å²) in [4.78, 5) is 2.38. The molecule has 0 fully saturated rings. The van der Waals surface area contributed by atoms with Crippen LogP contribution in [0.4, 0.5) is 17.1 Å². The van der Waals surface area contributed by atoms with E-state index in [4.69, 9.17) is 0 Å². The molecule has 0 N–H and O–H groups in total. The molecule has 1 aromatic heterocycles. The van der Waals surface area contributed by atoms with Crippen LogP contribution in [0.2, 0.25) is 0 Å². The quantitative estimate of drug-likeness (QED) is 0.162. The molecule has 0 radical (unpaired) electrons. The number of anilines is 3. The average Bonchev–Trinajstić information content (AvgIpc) is 3.60. The van der Waals surface area contributed by atoms with Gasteiger partial charge in [0.25, 0.3) is 0 Å². The Balaban J connectivity index is 1.09. The number of aromatic nitrogens is 1. The molecule has 54 heavy (non-hydrogen) atoms. The van der Waals surface area contributed by atoms with Crippen LogP contribution in [0, 0.1) is 0 Å². The number of rotatable bonds is 7. The number of nitrogens with zero attached hydrogens (tertiary/aromatic N) is 2. The van der Waals surface area contributed by atoms with Gasteiger partial charge in [-0.05, 0) is 81.7 Å². The van der Waals surface area contributed by atoms with Gasteiger partial charge in [0.05, 0.1) is 16.7 Å². The largest absolute Gasteiger partial charge is 0.310 e. The minimum Gasteiger partial charge on any atom is -0.310 e. The summed E-state index contributed by atoms with van der Waals surface area (Å²) in [5.74, 6) is 0. The molecular formula is C52H36N2. The summed E-state index contributed by atoms with van der Waals surface area (Å²) < 4.78 is 2.43. The van der Waals surface area contributed by atoms with E-state index in [1.807, 2.05) is 0 Å². The molecule has 10 rings (SSSR count). The van der Waals surface area contributed by atoms with Gasteiger partial charge in [0.2, 0.25) is 0 Å². The molecule has 0 spiro atoms. The smallest absolute Gasteiger partial charge is 0.0619 e. The van der Waals surface area contributed by atoms with E-state index in [9.17, 15) is 0 Å². The predicted molar refractivity (Wildman–Crippen MR) is 229 cm³/mol. The van der Waals surface area contributed by atoms with E-state index in [1.165, 1.54) is 66.0 Å². The van der Waals surface area contributed by atoms with Crippen molar-refractivity contribution >= 4 is 49.6 Å². The van der Waals surface area contributed by atoms with Crippen molar-refractivity contribution in [2.24, 2.45) is 0 Å². The average molecular weight is 689 g/mol. The Hall–Kier alpha value is -7.16. The van der Waals surface area contributed by atoms with E-state index in [2.05, 4.69) is 228 Å². The molecule has 2 heteroatoms. The van der Waals surface area contributed by atoms with Gasteiger partial charge in [-0.1, -0.05) is 170 Å². The first-order chi connectivity index (χ1) is 26.8. The number of para-hydroxylation sites is 2. The van der Waals surface area contributed by atoms with Crippen molar-refractivity contribution in [1.29, 1.82) is 0 Å². The highest BCUT2D eigenvalue weighted by molar-refractivity contribution is 6.18. The van der Waals surface area contributed by atoms with E-state index >= 15 is 0 Å². The molecule has 0 saturated carbocycles. The van der Waals surface area contributed by atoms with Crippen LogP contribution < -0.4 is 4.90 Å². The SMILES string of the molecule is c1ccc(-c2ccc(-c3ccc(N(c4ccc(-n5c6ccccc6c6ccc7ccccc7c65)cc4)c4ccccc4-c4ccccc4)cc3)cc2)cc1. The minimum absolute atomic E-state index is 1.09. The first kappa shape index (κ1) is 31.6. The van der Waals surface area contributed by atoms with Crippen LogP contribution in [0.15, 0.2) is 218 Å². The second kappa shape index (κ2) is 13.4. The lowest BCUT2D eigenvalue weighted by Crippen LogP contribution is -2.11. The van der Waals surface area contributed by atoms with Crippen LogP contribution in [0.25, 0.3) is 71.6 Å². The minimum atomic E-state index is 1.09. The van der Waals surface area contributed by atoms with Gasteiger partial charge in [-0.15, -0.1) is 0 Å². The normalized spacial score (nSPS) is 11.3. The molecule has 1 heterocycles. The fraction of sp³-hybridized carbons (Fsp3) is 0. The summed E-state index contributed by atoms with van der Waals surface area (Å²) in [6.07, 6.45) is 0. The molecule has 0 atom stereocenters.